The van der Waals surface area contributed by atoms with Gasteiger partial charge in [0.15, 0.2) is 17.3 Å². The number of likely N-dealkylation sites (tertiary alicyclic amines) is 1. The van der Waals surface area contributed by atoms with E-state index in [4.69, 9.17) is 9.47 Å². The number of hydrogen-bond acceptors (Lipinski definition) is 7. The highest BCUT2D eigenvalue weighted by molar-refractivity contribution is 6.46. The first-order valence-electron chi connectivity index (χ1n) is 12.0. The second kappa shape index (κ2) is 10.4. The lowest BCUT2D eigenvalue weighted by molar-refractivity contribution is -0.140. The Morgan fingerprint density at radius 1 is 1.08 bits per heavy atom. The summed E-state index contributed by atoms with van der Waals surface area (Å²) in [4.78, 5) is 34.6. The number of carbonyl (C=O) groups excluding carboxylic acids is 2. The third-order valence-corrected chi connectivity index (χ3v) is 6.14. The van der Waals surface area contributed by atoms with Crippen molar-refractivity contribution in [1.29, 1.82) is 0 Å². The number of aromatic nitrogens is 2. The molecular formula is C27H32N4O5. The topological polar surface area (TPSA) is 96.6 Å². The van der Waals surface area contributed by atoms with E-state index >= 15 is 0 Å². The van der Waals surface area contributed by atoms with Gasteiger partial charge in [0, 0.05) is 19.3 Å². The van der Waals surface area contributed by atoms with Gasteiger partial charge in [-0.2, -0.15) is 0 Å². The molecule has 1 aromatic carbocycles. The molecule has 1 fully saturated rings. The summed E-state index contributed by atoms with van der Waals surface area (Å²) in [5.41, 5.74) is 2.25. The van der Waals surface area contributed by atoms with E-state index in [1.54, 1.807) is 35.7 Å². The molecule has 9 nitrogen and oxygen atoms in total. The van der Waals surface area contributed by atoms with Crippen molar-refractivity contribution in [2.75, 3.05) is 40.4 Å². The molecule has 190 valence electrons. The second-order valence-electron chi connectivity index (χ2n) is 8.84. The number of Topliss-reactive ketones (excluding diaryl/α,β-unsaturated/α-hetero) is 1. The number of aliphatic hydroxyl groups excluding tert-OH is 1. The number of rotatable bonds is 9. The van der Waals surface area contributed by atoms with Gasteiger partial charge in [-0.25, -0.2) is 4.98 Å². The van der Waals surface area contributed by atoms with Crippen LogP contribution in [0, 0.1) is 6.92 Å². The first-order valence-corrected chi connectivity index (χ1v) is 12.0. The van der Waals surface area contributed by atoms with Gasteiger partial charge in [0.25, 0.3) is 11.7 Å². The van der Waals surface area contributed by atoms with Crippen molar-refractivity contribution >= 4 is 23.1 Å². The van der Waals surface area contributed by atoms with E-state index in [2.05, 4.69) is 4.98 Å². The van der Waals surface area contributed by atoms with E-state index in [9.17, 15) is 14.7 Å². The van der Waals surface area contributed by atoms with Crippen molar-refractivity contribution in [3.8, 4) is 11.5 Å². The molecule has 1 atom stereocenters. The summed E-state index contributed by atoms with van der Waals surface area (Å²) in [6.07, 6.45) is 1.77. The number of hydrogen-bond donors (Lipinski definition) is 1. The zero-order valence-electron chi connectivity index (χ0n) is 21.3. The lowest BCUT2D eigenvalue weighted by Gasteiger charge is -2.27. The number of pyridine rings is 1. The van der Waals surface area contributed by atoms with E-state index in [0.29, 0.717) is 60.4 Å². The Balaban J connectivity index is 1.93. The third kappa shape index (κ3) is 4.54. The van der Waals surface area contributed by atoms with Crippen LogP contribution in [-0.2, 0) is 9.59 Å². The van der Waals surface area contributed by atoms with Crippen molar-refractivity contribution in [1.82, 2.24) is 19.2 Å². The fourth-order valence-electron chi connectivity index (χ4n) is 4.53. The monoisotopic (exact) mass is 492 g/mol. The predicted octanol–water partition coefficient (Wildman–Crippen LogP) is 3.42. The fourth-order valence-corrected chi connectivity index (χ4v) is 4.53. The Morgan fingerprint density at radius 3 is 2.50 bits per heavy atom. The zero-order chi connectivity index (χ0) is 26.0. The maximum absolute atomic E-state index is 13.4. The van der Waals surface area contributed by atoms with Crippen molar-refractivity contribution in [3.63, 3.8) is 0 Å². The van der Waals surface area contributed by atoms with Crippen LogP contribution < -0.4 is 9.47 Å². The molecule has 0 saturated carbocycles. The summed E-state index contributed by atoms with van der Waals surface area (Å²) in [5, 5.41) is 11.6. The number of carbonyl (C=O) groups is 2. The van der Waals surface area contributed by atoms with Crippen molar-refractivity contribution in [2.45, 2.75) is 26.8 Å². The zero-order valence-corrected chi connectivity index (χ0v) is 21.3. The van der Waals surface area contributed by atoms with Crippen molar-refractivity contribution in [3.05, 3.63) is 65.1 Å². The summed E-state index contributed by atoms with van der Waals surface area (Å²) in [6, 6.07) is 10.0. The molecule has 4 rings (SSSR count). The van der Waals surface area contributed by atoms with E-state index in [1.165, 1.54) is 4.90 Å². The summed E-state index contributed by atoms with van der Waals surface area (Å²) in [7, 11) is 3.80. The minimum absolute atomic E-state index is 0.0270. The highest BCUT2D eigenvalue weighted by Crippen LogP contribution is 2.42. The number of amides is 1. The van der Waals surface area contributed by atoms with Crippen LogP contribution in [0.3, 0.4) is 0 Å². The van der Waals surface area contributed by atoms with Gasteiger partial charge in [-0.05, 0) is 64.7 Å². The van der Waals surface area contributed by atoms with Gasteiger partial charge >= 0.3 is 0 Å². The number of aliphatic hydroxyl groups is 1. The molecule has 1 amide bonds. The predicted molar refractivity (Wildman–Crippen MR) is 136 cm³/mol. The largest absolute Gasteiger partial charge is 0.505 e. The molecule has 36 heavy (non-hydrogen) atoms. The van der Waals surface area contributed by atoms with Gasteiger partial charge in [-0.3, -0.25) is 14.0 Å². The first-order chi connectivity index (χ1) is 17.3. The standard InChI is InChI=1S/C27H32N4O5/c1-6-35-19-12-11-18(16-20(19)36-7-2)24-22(26(33)27(34)31(24)15-14-29(4)5)25(32)23-17(3)28-21-10-8-9-13-30(21)23/h8-13,16,24,32H,6-7,14-15H2,1-5H3. The maximum atomic E-state index is 13.4. The van der Waals surface area contributed by atoms with Gasteiger partial charge in [0.1, 0.15) is 11.3 Å². The maximum Gasteiger partial charge on any atom is 0.295 e. The summed E-state index contributed by atoms with van der Waals surface area (Å²) in [5.74, 6) is -0.546. The highest BCUT2D eigenvalue weighted by Gasteiger charge is 2.46. The molecule has 1 saturated heterocycles. The summed E-state index contributed by atoms with van der Waals surface area (Å²) < 4.78 is 13.2. The van der Waals surface area contributed by atoms with Crippen LogP contribution in [-0.4, -0.2) is 76.4 Å². The molecule has 1 aliphatic heterocycles. The van der Waals surface area contributed by atoms with Crippen LogP contribution >= 0.6 is 0 Å². The molecule has 2 aromatic heterocycles. The molecule has 1 N–H and O–H groups in total. The molecule has 1 unspecified atom stereocenters. The Morgan fingerprint density at radius 2 is 1.81 bits per heavy atom. The molecular weight excluding hydrogens is 460 g/mol. The minimum Gasteiger partial charge on any atom is -0.505 e. The first kappa shape index (κ1) is 25.2. The molecule has 0 bridgehead atoms. The van der Waals surface area contributed by atoms with E-state index in [1.807, 2.05) is 51.0 Å². The van der Waals surface area contributed by atoms with Gasteiger partial charge in [-0.15, -0.1) is 0 Å². The number of ether oxygens (including phenoxy) is 2. The lowest BCUT2D eigenvalue weighted by atomic mass is 9.96. The molecule has 3 heterocycles. The third-order valence-electron chi connectivity index (χ3n) is 6.14. The van der Waals surface area contributed by atoms with Gasteiger partial charge in [-0.1, -0.05) is 12.1 Å². The molecule has 0 spiro atoms. The number of ketones is 1. The number of imidazole rings is 1. The number of aryl methyl sites for hydroxylation is 1. The number of benzene rings is 1. The van der Waals surface area contributed by atoms with E-state index in [0.717, 1.165) is 0 Å². The summed E-state index contributed by atoms with van der Waals surface area (Å²) >= 11 is 0. The van der Waals surface area contributed by atoms with Crippen LogP contribution in [0.15, 0.2) is 48.2 Å². The molecule has 9 heteroatoms. The Bertz CT molecular complexity index is 1330. The van der Waals surface area contributed by atoms with Crippen LogP contribution in [0.25, 0.3) is 11.4 Å². The number of fused-ring (bicyclic) bond motifs is 1. The number of likely N-dealkylation sites (N-methyl/N-ethyl adjacent to an activating group) is 1. The molecule has 3 aromatic rings. The van der Waals surface area contributed by atoms with Gasteiger partial charge in [0.05, 0.1) is 30.5 Å². The quantitative estimate of drug-likeness (QED) is 0.278. The van der Waals surface area contributed by atoms with Gasteiger partial charge < -0.3 is 24.4 Å². The molecule has 0 radical (unpaired) electrons. The van der Waals surface area contributed by atoms with Crippen LogP contribution in [0.2, 0.25) is 0 Å². The minimum atomic E-state index is -0.798. The highest BCUT2D eigenvalue weighted by atomic mass is 16.5. The second-order valence-corrected chi connectivity index (χ2v) is 8.84. The van der Waals surface area contributed by atoms with Crippen LogP contribution in [0.4, 0.5) is 0 Å². The van der Waals surface area contributed by atoms with Crippen molar-refractivity contribution < 1.29 is 24.2 Å². The normalized spacial score (nSPS) is 17.4. The van der Waals surface area contributed by atoms with E-state index in [-0.39, 0.29) is 11.3 Å². The van der Waals surface area contributed by atoms with Crippen LogP contribution in [0.5, 0.6) is 11.5 Å². The lowest BCUT2D eigenvalue weighted by Crippen LogP contribution is -2.35. The average Bonchev–Trinajstić information content (AvgIpc) is 3.31. The SMILES string of the molecule is CCOc1ccc(C2C(=C(O)c3c(C)nc4ccccn34)C(=O)C(=O)N2CCN(C)C)cc1OCC. The summed E-state index contributed by atoms with van der Waals surface area (Å²) in [6.45, 7) is 7.27. The van der Waals surface area contributed by atoms with Gasteiger partial charge in [0.2, 0.25) is 0 Å². The molecule has 1 aliphatic rings. The van der Waals surface area contributed by atoms with Crippen LogP contribution in [0.1, 0.15) is 36.8 Å². The van der Waals surface area contributed by atoms with Crippen molar-refractivity contribution in [2.24, 2.45) is 0 Å². The number of nitrogens with zero attached hydrogens (tertiary/aromatic N) is 4. The Hall–Kier alpha value is -3.85. The fraction of sp³-hybridized carbons (Fsp3) is 0.370. The Kier molecular flexibility index (Phi) is 7.30. The average molecular weight is 493 g/mol. The molecule has 0 aliphatic carbocycles. The van der Waals surface area contributed by atoms with E-state index < -0.39 is 17.7 Å². The Labute approximate surface area is 210 Å². The smallest absolute Gasteiger partial charge is 0.295 e.